The van der Waals surface area contributed by atoms with E-state index in [1.807, 2.05) is 0 Å². The molecule has 2 nitrogen and oxygen atoms in total. The summed E-state index contributed by atoms with van der Waals surface area (Å²) in [4.78, 5) is 0. The molecule has 1 atom stereocenters. The molecular formula is C20H39ClF10O2S2. The van der Waals surface area contributed by atoms with Crippen molar-refractivity contribution in [1.82, 2.24) is 0 Å². The average molecular weight is 601 g/mol. The first kappa shape index (κ1) is 37.1. The molecule has 35 heavy (non-hydrogen) atoms. The minimum atomic E-state index is -9.36. The fourth-order valence-corrected chi connectivity index (χ4v) is 5.16. The summed E-state index contributed by atoms with van der Waals surface area (Å²) in [5.74, 6) is -2.17. The topological polar surface area (TPSA) is 40.5 Å². The molecule has 0 rings (SSSR count). The van der Waals surface area contributed by atoms with Crippen molar-refractivity contribution in [2.45, 2.75) is 95.3 Å². The summed E-state index contributed by atoms with van der Waals surface area (Å²) in [5, 5.41) is 14.6. The molecule has 0 heterocycles. The number of rotatable bonds is 19. The Bertz CT molecular complexity index is 598. The molecule has 0 saturated heterocycles. The Morgan fingerprint density at radius 1 is 0.571 bits per heavy atom. The van der Waals surface area contributed by atoms with Crippen LogP contribution in [0.5, 0.6) is 0 Å². The third-order valence-corrected chi connectivity index (χ3v) is 6.85. The fraction of sp³-hybridized carbons (Fsp3) is 0.900. The highest BCUT2D eigenvalue weighted by Crippen LogP contribution is 2.99. The summed E-state index contributed by atoms with van der Waals surface area (Å²) in [6.07, 6.45) is 9.42. The van der Waals surface area contributed by atoms with Gasteiger partial charge in [0.05, 0.1) is 10.8 Å². The predicted molar refractivity (Wildman–Crippen MR) is 129 cm³/mol. The number of aliphatic hydroxyl groups excluding tert-OH is 2. The van der Waals surface area contributed by atoms with Gasteiger partial charge in [0.1, 0.15) is 5.75 Å². The van der Waals surface area contributed by atoms with Gasteiger partial charge in [-0.2, -0.15) is 0 Å². The SMILES string of the molecule is OCCCCCCCC/C=C/S(F)(F)(F)(F)F.OCCCCCCCCC(Cl)CS(F)(F)(F)(F)F. The zero-order valence-corrected chi connectivity index (χ0v) is 22.0. The van der Waals surface area contributed by atoms with E-state index in [0.717, 1.165) is 51.4 Å². The Kier molecular flexibility index (Phi) is 14.5. The van der Waals surface area contributed by atoms with Crippen LogP contribution in [0.25, 0.3) is 0 Å². The molecule has 0 fully saturated rings. The summed E-state index contributed by atoms with van der Waals surface area (Å²) >= 11 is 5.30. The maximum Gasteiger partial charge on any atom is 0.304 e. The maximum atomic E-state index is 12.1. The van der Waals surface area contributed by atoms with Gasteiger partial charge in [0, 0.05) is 13.2 Å². The van der Waals surface area contributed by atoms with Crippen LogP contribution in [0.1, 0.15) is 89.9 Å². The molecule has 0 spiro atoms. The highest BCUT2D eigenvalue weighted by Gasteiger charge is 2.64. The Morgan fingerprint density at radius 3 is 1.31 bits per heavy atom. The molecule has 2 N–H and O–H groups in total. The Morgan fingerprint density at radius 2 is 0.943 bits per heavy atom. The Balaban J connectivity index is 0. The molecule has 0 aromatic carbocycles. The lowest BCUT2D eigenvalue weighted by Gasteiger charge is -2.41. The van der Waals surface area contributed by atoms with Crippen molar-refractivity contribution in [2.24, 2.45) is 0 Å². The van der Waals surface area contributed by atoms with E-state index in [-0.39, 0.29) is 26.1 Å². The van der Waals surface area contributed by atoms with E-state index in [4.69, 9.17) is 21.8 Å². The highest BCUT2D eigenvalue weighted by atomic mass is 35.5. The molecule has 15 heteroatoms. The molecule has 0 saturated carbocycles. The number of halogens is 11. The molecule has 0 bridgehead atoms. The van der Waals surface area contributed by atoms with Crippen LogP contribution in [0.15, 0.2) is 11.5 Å². The first-order valence-electron chi connectivity index (χ1n) is 11.5. The summed E-state index contributed by atoms with van der Waals surface area (Å²) in [6, 6.07) is 0. The second kappa shape index (κ2) is 13.7. The van der Waals surface area contributed by atoms with Crippen LogP contribution in [0.3, 0.4) is 0 Å². The van der Waals surface area contributed by atoms with E-state index in [2.05, 4.69) is 0 Å². The van der Waals surface area contributed by atoms with Gasteiger partial charge in [0.25, 0.3) is 10.2 Å². The summed E-state index contributed by atoms with van der Waals surface area (Å²) in [5.41, 5.74) is 0. The van der Waals surface area contributed by atoms with Crippen LogP contribution < -0.4 is 0 Å². The first-order chi connectivity index (χ1) is 15.5. The quantitative estimate of drug-likeness (QED) is 0.0879. The fourth-order valence-electron chi connectivity index (χ4n) is 2.94. The van der Waals surface area contributed by atoms with E-state index >= 15 is 0 Å². The van der Waals surface area contributed by atoms with Gasteiger partial charge >= 0.3 is 10.2 Å². The van der Waals surface area contributed by atoms with Crippen molar-refractivity contribution in [2.75, 3.05) is 19.0 Å². The first-order valence-corrected chi connectivity index (χ1v) is 16.0. The van der Waals surface area contributed by atoms with Crippen LogP contribution in [0, 0.1) is 0 Å². The van der Waals surface area contributed by atoms with Crippen LogP contribution in [0.2, 0.25) is 0 Å². The van der Waals surface area contributed by atoms with Crippen LogP contribution in [-0.4, -0.2) is 34.6 Å². The second-order valence-corrected chi connectivity index (χ2v) is 14.1. The number of alkyl halides is 1. The van der Waals surface area contributed by atoms with Crippen molar-refractivity contribution in [1.29, 1.82) is 0 Å². The third kappa shape index (κ3) is 38.6. The monoisotopic (exact) mass is 600 g/mol. The lowest BCUT2D eigenvalue weighted by molar-refractivity contribution is 0.282. The smallest absolute Gasteiger partial charge is 0.304 e. The Labute approximate surface area is 206 Å². The number of aliphatic hydroxyl groups is 2. The zero-order chi connectivity index (χ0) is 27.8. The second-order valence-electron chi connectivity index (χ2n) is 8.56. The van der Waals surface area contributed by atoms with Gasteiger partial charge in [-0.05, 0) is 32.1 Å². The van der Waals surface area contributed by atoms with Gasteiger partial charge in [-0.3, -0.25) is 0 Å². The molecule has 0 aromatic rings. The highest BCUT2D eigenvalue weighted by molar-refractivity contribution is 8.48. The van der Waals surface area contributed by atoms with Crippen LogP contribution in [0.4, 0.5) is 38.9 Å². The molecule has 0 aromatic heterocycles. The molecule has 220 valence electrons. The summed E-state index contributed by atoms with van der Waals surface area (Å²) in [6.45, 7) is 0.278. The average Bonchev–Trinajstić information content (AvgIpc) is 2.62. The molecule has 0 radical (unpaired) electrons. The van der Waals surface area contributed by atoms with Crippen molar-refractivity contribution >= 4 is 32.0 Å². The van der Waals surface area contributed by atoms with Gasteiger partial charge in [0.15, 0.2) is 0 Å². The van der Waals surface area contributed by atoms with Gasteiger partial charge in [-0.25, -0.2) is 0 Å². The summed E-state index contributed by atoms with van der Waals surface area (Å²) < 4.78 is 119. The van der Waals surface area contributed by atoms with Gasteiger partial charge < -0.3 is 10.2 Å². The summed E-state index contributed by atoms with van der Waals surface area (Å²) in [7, 11) is -18.7. The zero-order valence-electron chi connectivity index (χ0n) is 19.6. The molecule has 0 amide bonds. The standard InChI is InChI=1S/C10H20ClF5OS.C10H19F5OS/c11-10(9-18(12,13,14,15)16)7-5-3-1-2-4-6-8-17;11-17(12,13,14,15)10-8-6-4-2-1-3-5-7-9-16/h10,17H,1-9H2;8,10,16H,1-7,9H2/b;10-8+. The third-order valence-electron chi connectivity index (χ3n) is 4.55. The lowest BCUT2D eigenvalue weighted by Crippen LogP contribution is -2.19. The van der Waals surface area contributed by atoms with Crippen molar-refractivity contribution in [3.63, 3.8) is 0 Å². The van der Waals surface area contributed by atoms with Crippen LogP contribution >= 0.6 is 32.0 Å². The predicted octanol–water partition coefficient (Wildman–Crippen LogP) is 11.1. The van der Waals surface area contributed by atoms with E-state index < -0.39 is 37.0 Å². The minimum absolute atomic E-state index is 0.0194. The molecule has 0 aliphatic rings. The largest absolute Gasteiger partial charge is 0.396 e. The molecule has 0 aliphatic heterocycles. The van der Waals surface area contributed by atoms with Gasteiger partial charge in [0.2, 0.25) is 0 Å². The maximum absolute atomic E-state index is 12.1. The van der Waals surface area contributed by atoms with Gasteiger partial charge in [-0.15, -0.1) is 11.6 Å². The molecular weight excluding hydrogens is 562 g/mol. The van der Waals surface area contributed by atoms with Crippen molar-refractivity contribution in [3.8, 4) is 0 Å². The number of allylic oxidation sites excluding steroid dienone is 1. The van der Waals surface area contributed by atoms with Gasteiger partial charge in [-0.1, -0.05) is 103 Å². The molecule has 0 aliphatic carbocycles. The molecule has 1 unspecified atom stereocenters. The minimum Gasteiger partial charge on any atom is -0.396 e. The van der Waals surface area contributed by atoms with Crippen LogP contribution in [-0.2, 0) is 0 Å². The van der Waals surface area contributed by atoms with E-state index in [1.54, 1.807) is 0 Å². The van der Waals surface area contributed by atoms with E-state index in [0.29, 0.717) is 31.8 Å². The number of hydrogen-bond acceptors (Lipinski definition) is 2. The van der Waals surface area contributed by atoms with E-state index in [1.165, 1.54) is 0 Å². The Hall–Kier alpha value is -0.0500. The number of hydrogen-bond donors (Lipinski definition) is 2. The number of unbranched alkanes of at least 4 members (excludes halogenated alkanes) is 11. The van der Waals surface area contributed by atoms with Crippen molar-refractivity contribution < 1.29 is 49.1 Å². The lowest BCUT2D eigenvalue weighted by atomic mass is 10.1. The van der Waals surface area contributed by atoms with Crippen molar-refractivity contribution in [3.05, 3.63) is 11.5 Å². The normalized spacial score (nSPS) is 17.6. The van der Waals surface area contributed by atoms with E-state index in [9.17, 15) is 38.9 Å².